The molecule has 0 aromatic heterocycles. The van der Waals surface area contributed by atoms with E-state index in [2.05, 4.69) is 0 Å². The zero-order chi connectivity index (χ0) is 10.4. The predicted molar refractivity (Wildman–Crippen MR) is 59.3 cm³/mol. The maximum Gasteiger partial charge on any atom is 0.145 e. The van der Waals surface area contributed by atoms with Crippen LogP contribution in [0.1, 0.15) is 12.0 Å². The van der Waals surface area contributed by atoms with Crippen molar-refractivity contribution in [1.29, 1.82) is 0 Å². The van der Waals surface area contributed by atoms with Crippen molar-refractivity contribution in [1.82, 2.24) is 0 Å². The first-order valence-electron chi connectivity index (χ1n) is 4.37. The minimum Gasteiger partial charge on any atom is -0.396 e. The number of halogens is 2. The van der Waals surface area contributed by atoms with Crippen molar-refractivity contribution in [3.8, 4) is 0 Å². The molecule has 0 unspecified atom stereocenters. The molecule has 14 heavy (non-hydrogen) atoms. The maximum atomic E-state index is 13.3. The van der Waals surface area contributed by atoms with Crippen LogP contribution in [0.3, 0.4) is 0 Å². The SMILES string of the molecule is OCCCSCc1cccc(Cl)c1F. The van der Waals surface area contributed by atoms with Crippen LogP contribution in [0.25, 0.3) is 0 Å². The van der Waals surface area contributed by atoms with Gasteiger partial charge < -0.3 is 5.11 Å². The Kier molecular flexibility index (Phi) is 5.30. The second-order valence-electron chi connectivity index (χ2n) is 2.84. The van der Waals surface area contributed by atoms with Crippen LogP contribution in [0.15, 0.2) is 18.2 Å². The second kappa shape index (κ2) is 6.27. The molecule has 0 aliphatic carbocycles. The Morgan fingerprint density at radius 2 is 2.21 bits per heavy atom. The molecular formula is C10H12ClFOS. The lowest BCUT2D eigenvalue weighted by Crippen LogP contribution is -1.91. The molecule has 0 saturated carbocycles. The number of hydrogen-bond donors (Lipinski definition) is 1. The first kappa shape index (κ1) is 11.8. The van der Waals surface area contributed by atoms with Gasteiger partial charge in [0.05, 0.1) is 5.02 Å². The Labute approximate surface area is 92.3 Å². The molecular weight excluding hydrogens is 223 g/mol. The standard InChI is InChI=1S/C10H12ClFOS/c11-9-4-1-3-8(10(9)12)7-14-6-2-5-13/h1,3-4,13H,2,5-7H2. The fourth-order valence-electron chi connectivity index (χ4n) is 1.01. The Morgan fingerprint density at radius 3 is 2.93 bits per heavy atom. The van der Waals surface area contributed by atoms with Gasteiger partial charge in [0.25, 0.3) is 0 Å². The first-order valence-corrected chi connectivity index (χ1v) is 5.90. The zero-order valence-electron chi connectivity index (χ0n) is 7.67. The van der Waals surface area contributed by atoms with Crippen molar-refractivity contribution < 1.29 is 9.50 Å². The van der Waals surface area contributed by atoms with Crippen LogP contribution in [0.5, 0.6) is 0 Å². The van der Waals surface area contributed by atoms with Gasteiger partial charge in [0, 0.05) is 12.4 Å². The Morgan fingerprint density at radius 1 is 1.43 bits per heavy atom. The van der Waals surface area contributed by atoms with Gasteiger partial charge in [-0.2, -0.15) is 11.8 Å². The zero-order valence-corrected chi connectivity index (χ0v) is 9.24. The van der Waals surface area contributed by atoms with Gasteiger partial charge in [0.15, 0.2) is 0 Å². The van der Waals surface area contributed by atoms with Crippen molar-refractivity contribution in [2.24, 2.45) is 0 Å². The van der Waals surface area contributed by atoms with E-state index in [9.17, 15) is 4.39 Å². The fourth-order valence-corrected chi connectivity index (χ4v) is 2.12. The second-order valence-corrected chi connectivity index (χ2v) is 4.36. The van der Waals surface area contributed by atoms with Crippen molar-refractivity contribution >= 4 is 23.4 Å². The molecule has 78 valence electrons. The Balaban J connectivity index is 2.46. The van der Waals surface area contributed by atoms with E-state index >= 15 is 0 Å². The normalized spacial score (nSPS) is 10.5. The lowest BCUT2D eigenvalue weighted by molar-refractivity contribution is 0.296. The minimum absolute atomic E-state index is 0.172. The monoisotopic (exact) mass is 234 g/mol. The van der Waals surface area contributed by atoms with Crippen LogP contribution in [0.4, 0.5) is 4.39 Å². The molecule has 1 N–H and O–H groups in total. The molecule has 4 heteroatoms. The number of aliphatic hydroxyl groups excluding tert-OH is 1. The van der Waals surface area contributed by atoms with Gasteiger partial charge in [0.2, 0.25) is 0 Å². The van der Waals surface area contributed by atoms with Crippen molar-refractivity contribution in [3.63, 3.8) is 0 Å². The number of aliphatic hydroxyl groups is 1. The van der Waals surface area contributed by atoms with Crippen LogP contribution >= 0.6 is 23.4 Å². The van der Waals surface area contributed by atoms with Crippen molar-refractivity contribution in [2.75, 3.05) is 12.4 Å². The molecule has 0 amide bonds. The number of thioether (sulfide) groups is 1. The third-order valence-electron chi connectivity index (χ3n) is 1.74. The first-order chi connectivity index (χ1) is 6.75. The average molecular weight is 235 g/mol. The van der Waals surface area contributed by atoms with Crippen LogP contribution in [-0.4, -0.2) is 17.5 Å². The summed E-state index contributed by atoms with van der Waals surface area (Å²) in [6, 6.07) is 5.01. The van der Waals surface area contributed by atoms with E-state index < -0.39 is 0 Å². The molecule has 1 rings (SSSR count). The number of benzene rings is 1. The van der Waals surface area contributed by atoms with Gasteiger partial charge in [-0.1, -0.05) is 23.7 Å². The summed E-state index contributed by atoms with van der Waals surface area (Å²) >= 11 is 7.22. The van der Waals surface area contributed by atoms with Crippen molar-refractivity contribution in [2.45, 2.75) is 12.2 Å². The van der Waals surface area contributed by atoms with E-state index in [1.807, 2.05) is 0 Å². The molecule has 0 radical (unpaired) electrons. The van der Waals surface area contributed by atoms with Gasteiger partial charge in [-0.25, -0.2) is 4.39 Å². The molecule has 1 nitrogen and oxygen atoms in total. The van der Waals surface area contributed by atoms with Gasteiger partial charge in [0.1, 0.15) is 5.82 Å². The van der Waals surface area contributed by atoms with Crippen LogP contribution in [0, 0.1) is 5.82 Å². The predicted octanol–water partition coefficient (Wildman–Crippen LogP) is 3.09. The van der Waals surface area contributed by atoms with Crippen LogP contribution in [-0.2, 0) is 5.75 Å². The van der Waals surface area contributed by atoms with E-state index in [0.29, 0.717) is 11.3 Å². The molecule has 0 spiro atoms. The van der Waals surface area contributed by atoms with E-state index in [0.717, 1.165) is 12.2 Å². The third kappa shape index (κ3) is 3.48. The Bertz CT molecular complexity index is 293. The highest BCUT2D eigenvalue weighted by molar-refractivity contribution is 7.98. The summed E-state index contributed by atoms with van der Waals surface area (Å²) in [5.74, 6) is 1.11. The summed E-state index contributed by atoms with van der Waals surface area (Å²) in [6.07, 6.45) is 0.743. The molecule has 0 aliphatic heterocycles. The summed E-state index contributed by atoms with van der Waals surface area (Å²) in [5.41, 5.74) is 0.625. The molecule has 1 aromatic carbocycles. The number of hydrogen-bond acceptors (Lipinski definition) is 2. The van der Waals surface area contributed by atoms with E-state index in [1.54, 1.807) is 30.0 Å². The van der Waals surface area contributed by atoms with Crippen molar-refractivity contribution in [3.05, 3.63) is 34.6 Å². The van der Waals surface area contributed by atoms with Gasteiger partial charge in [-0.3, -0.25) is 0 Å². The topological polar surface area (TPSA) is 20.2 Å². The lowest BCUT2D eigenvalue weighted by atomic mass is 10.2. The highest BCUT2D eigenvalue weighted by Gasteiger charge is 2.05. The van der Waals surface area contributed by atoms with Gasteiger partial charge >= 0.3 is 0 Å². The summed E-state index contributed by atoms with van der Waals surface area (Å²) < 4.78 is 13.3. The summed E-state index contributed by atoms with van der Waals surface area (Å²) in [7, 11) is 0. The molecule has 0 saturated heterocycles. The number of rotatable bonds is 5. The molecule has 0 aliphatic rings. The van der Waals surface area contributed by atoms with Gasteiger partial charge in [-0.15, -0.1) is 0 Å². The maximum absolute atomic E-state index is 13.3. The van der Waals surface area contributed by atoms with E-state index in [1.165, 1.54) is 0 Å². The fraction of sp³-hybridized carbons (Fsp3) is 0.400. The summed E-state index contributed by atoms with van der Waals surface area (Å²) in [5, 5.41) is 8.73. The van der Waals surface area contributed by atoms with Crippen LogP contribution < -0.4 is 0 Å². The lowest BCUT2D eigenvalue weighted by Gasteiger charge is -2.03. The summed E-state index contributed by atoms with van der Waals surface area (Å²) in [4.78, 5) is 0. The highest BCUT2D eigenvalue weighted by atomic mass is 35.5. The van der Waals surface area contributed by atoms with E-state index in [4.69, 9.17) is 16.7 Å². The van der Waals surface area contributed by atoms with E-state index in [-0.39, 0.29) is 17.4 Å². The Hall–Kier alpha value is -0.250. The average Bonchev–Trinajstić information content (AvgIpc) is 2.19. The molecule has 0 heterocycles. The highest BCUT2D eigenvalue weighted by Crippen LogP contribution is 2.21. The molecule has 0 atom stereocenters. The summed E-state index contributed by atoms with van der Waals surface area (Å²) in [6.45, 7) is 0.186. The third-order valence-corrected chi connectivity index (χ3v) is 3.12. The molecule has 0 fully saturated rings. The quantitative estimate of drug-likeness (QED) is 0.791. The minimum atomic E-state index is -0.328. The smallest absolute Gasteiger partial charge is 0.145 e. The largest absolute Gasteiger partial charge is 0.396 e. The van der Waals surface area contributed by atoms with Crippen LogP contribution in [0.2, 0.25) is 5.02 Å². The molecule has 0 bridgehead atoms. The molecule has 1 aromatic rings. The van der Waals surface area contributed by atoms with Gasteiger partial charge in [-0.05, 0) is 23.8 Å².